The van der Waals surface area contributed by atoms with Gasteiger partial charge in [-0.3, -0.25) is 0 Å². The van der Waals surface area contributed by atoms with Crippen molar-refractivity contribution in [3.63, 3.8) is 0 Å². The fourth-order valence-corrected chi connectivity index (χ4v) is 1.82. The van der Waals surface area contributed by atoms with E-state index in [4.69, 9.17) is 17.2 Å². The van der Waals surface area contributed by atoms with Crippen molar-refractivity contribution >= 4 is 0 Å². The smallest absolute Gasteiger partial charge is 0.00746 e. The number of rotatable bonds is 10. The molecule has 0 bridgehead atoms. The normalized spacial score (nSPS) is 11.1. The van der Waals surface area contributed by atoms with Gasteiger partial charge in [-0.25, -0.2) is 0 Å². The van der Waals surface area contributed by atoms with Gasteiger partial charge in [0.2, 0.25) is 0 Å². The third-order valence-electron chi connectivity index (χ3n) is 2.71. The highest BCUT2D eigenvalue weighted by Gasteiger charge is 2.06. The van der Waals surface area contributed by atoms with Crippen molar-refractivity contribution in [2.75, 3.05) is 19.6 Å². The third kappa shape index (κ3) is 8.48. The molecule has 0 fully saturated rings. The minimum Gasteiger partial charge on any atom is -0.330 e. The molecule has 0 saturated carbocycles. The number of unbranched alkanes of at least 4 members (excludes halogenated alkanes) is 2. The second-order valence-corrected chi connectivity index (χ2v) is 4.01. The van der Waals surface area contributed by atoms with Crippen molar-refractivity contribution in [3.8, 4) is 0 Å². The zero-order valence-corrected chi connectivity index (χ0v) is 9.38. The van der Waals surface area contributed by atoms with Gasteiger partial charge in [0.25, 0.3) is 0 Å². The lowest BCUT2D eigenvalue weighted by Gasteiger charge is -2.15. The zero-order chi connectivity index (χ0) is 10.6. The van der Waals surface area contributed by atoms with E-state index in [-0.39, 0.29) is 0 Å². The molecule has 86 valence electrons. The number of hydrogen-bond donors (Lipinski definition) is 3. The average Bonchev–Trinajstić information content (AvgIpc) is 2.18. The predicted octanol–water partition coefficient (Wildman–Crippen LogP) is 1.21. The first-order valence-electron chi connectivity index (χ1n) is 5.95. The molecule has 0 spiro atoms. The summed E-state index contributed by atoms with van der Waals surface area (Å²) in [7, 11) is 0. The minimum atomic E-state index is 0.804. The van der Waals surface area contributed by atoms with Gasteiger partial charge in [0.05, 0.1) is 0 Å². The quantitative estimate of drug-likeness (QED) is 0.465. The molecule has 0 unspecified atom stereocenters. The lowest BCUT2D eigenvalue weighted by atomic mass is 9.93. The largest absolute Gasteiger partial charge is 0.330 e. The van der Waals surface area contributed by atoms with Crippen LogP contribution in [0.5, 0.6) is 0 Å². The van der Waals surface area contributed by atoms with E-state index in [0.29, 0.717) is 0 Å². The number of hydrogen-bond acceptors (Lipinski definition) is 3. The molecule has 3 heteroatoms. The van der Waals surface area contributed by atoms with Crippen LogP contribution in [-0.2, 0) is 0 Å². The Labute approximate surface area is 88.4 Å². The first-order chi connectivity index (χ1) is 6.85. The summed E-state index contributed by atoms with van der Waals surface area (Å²) in [6.07, 6.45) is 8.55. The van der Waals surface area contributed by atoms with Crippen LogP contribution in [-0.4, -0.2) is 19.6 Å². The summed E-state index contributed by atoms with van der Waals surface area (Å²) < 4.78 is 0. The summed E-state index contributed by atoms with van der Waals surface area (Å²) in [6, 6.07) is 0. The predicted molar refractivity (Wildman–Crippen MR) is 63.0 cm³/mol. The molecule has 0 aromatic rings. The molecular formula is C11H27N3. The van der Waals surface area contributed by atoms with Crippen LogP contribution in [0.4, 0.5) is 0 Å². The van der Waals surface area contributed by atoms with E-state index >= 15 is 0 Å². The average molecular weight is 201 g/mol. The molecule has 0 aromatic heterocycles. The Morgan fingerprint density at radius 2 is 1.07 bits per heavy atom. The standard InChI is InChI=1S/C11H27N3/c12-8-3-1-5-11(7-10-14)6-2-4-9-13/h11H,1-10,12-14H2. The number of nitrogens with two attached hydrogens (primary N) is 3. The molecule has 0 radical (unpaired) electrons. The summed E-state index contributed by atoms with van der Waals surface area (Å²) in [4.78, 5) is 0. The van der Waals surface area contributed by atoms with Crippen molar-refractivity contribution in [2.24, 2.45) is 23.1 Å². The first-order valence-corrected chi connectivity index (χ1v) is 5.95. The molecule has 0 saturated heterocycles. The Balaban J connectivity index is 3.44. The van der Waals surface area contributed by atoms with E-state index in [1.54, 1.807) is 0 Å². The molecular weight excluding hydrogens is 174 g/mol. The van der Waals surface area contributed by atoms with Crippen molar-refractivity contribution < 1.29 is 0 Å². The molecule has 0 aromatic carbocycles. The molecule has 0 amide bonds. The molecule has 3 nitrogen and oxygen atoms in total. The van der Waals surface area contributed by atoms with Crippen LogP contribution in [0.2, 0.25) is 0 Å². The van der Waals surface area contributed by atoms with Gasteiger partial charge >= 0.3 is 0 Å². The third-order valence-corrected chi connectivity index (χ3v) is 2.71. The van der Waals surface area contributed by atoms with Gasteiger partial charge in [0.1, 0.15) is 0 Å². The molecule has 0 rings (SSSR count). The first kappa shape index (κ1) is 13.9. The Bertz CT molecular complexity index is 96.7. The van der Waals surface area contributed by atoms with Crippen molar-refractivity contribution in [3.05, 3.63) is 0 Å². The summed E-state index contributed by atoms with van der Waals surface area (Å²) in [5, 5.41) is 0. The van der Waals surface area contributed by atoms with Gasteiger partial charge in [-0.2, -0.15) is 0 Å². The van der Waals surface area contributed by atoms with Crippen LogP contribution in [0.1, 0.15) is 44.9 Å². The Hall–Kier alpha value is -0.120. The van der Waals surface area contributed by atoms with E-state index in [1.165, 1.54) is 25.7 Å². The van der Waals surface area contributed by atoms with Crippen molar-refractivity contribution in [2.45, 2.75) is 44.9 Å². The maximum Gasteiger partial charge on any atom is -0.00746 e. The van der Waals surface area contributed by atoms with Gasteiger partial charge in [-0.15, -0.1) is 0 Å². The Kier molecular flexibility index (Phi) is 10.9. The monoisotopic (exact) mass is 201 g/mol. The maximum atomic E-state index is 5.59. The zero-order valence-electron chi connectivity index (χ0n) is 9.38. The second kappa shape index (κ2) is 11.0. The molecule has 14 heavy (non-hydrogen) atoms. The summed E-state index contributed by atoms with van der Waals surface area (Å²) in [5.41, 5.74) is 16.5. The lowest BCUT2D eigenvalue weighted by Crippen LogP contribution is -2.10. The van der Waals surface area contributed by atoms with Gasteiger partial charge in [0, 0.05) is 0 Å². The van der Waals surface area contributed by atoms with Crippen LogP contribution in [0, 0.1) is 5.92 Å². The van der Waals surface area contributed by atoms with Gasteiger partial charge in [0.15, 0.2) is 0 Å². The second-order valence-electron chi connectivity index (χ2n) is 4.01. The Morgan fingerprint density at radius 1 is 0.571 bits per heavy atom. The maximum absolute atomic E-state index is 5.59. The highest BCUT2D eigenvalue weighted by molar-refractivity contribution is 4.61. The Morgan fingerprint density at radius 3 is 1.43 bits per heavy atom. The topological polar surface area (TPSA) is 78.1 Å². The van der Waals surface area contributed by atoms with E-state index in [1.807, 2.05) is 0 Å². The molecule has 0 atom stereocenters. The summed E-state index contributed by atoms with van der Waals surface area (Å²) >= 11 is 0. The lowest BCUT2D eigenvalue weighted by molar-refractivity contribution is 0.394. The summed E-state index contributed by atoms with van der Waals surface area (Å²) in [5.74, 6) is 0.804. The van der Waals surface area contributed by atoms with E-state index < -0.39 is 0 Å². The molecule has 0 aliphatic heterocycles. The van der Waals surface area contributed by atoms with Crippen LogP contribution in [0.15, 0.2) is 0 Å². The van der Waals surface area contributed by atoms with Crippen LogP contribution < -0.4 is 17.2 Å². The van der Waals surface area contributed by atoms with E-state index in [9.17, 15) is 0 Å². The minimum absolute atomic E-state index is 0.804. The highest BCUT2D eigenvalue weighted by atomic mass is 14.5. The SMILES string of the molecule is NCCCCC(CCN)CCCCN. The van der Waals surface area contributed by atoms with E-state index in [0.717, 1.165) is 44.8 Å². The fraction of sp³-hybridized carbons (Fsp3) is 1.00. The van der Waals surface area contributed by atoms with Crippen LogP contribution in [0.25, 0.3) is 0 Å². The van der Waals surface area contributed by atoms with E-state index in [2.05, 4.69) is 0 Å². The molecule has 6 N–H and O–H groups in total. The molecule has 0 aliphatic rings. The summed E-state index contributed by atoms with van der Waals surface area (Å²) in [6.45, 7) is 2.45. The highest BCUT2D eigenvalue weighted by Crippen LogP contribution is 2.18. The van der Waals surface area contributed by atoms with Crippen molar-refractivity contribution in [1.29, 1.82) is 0 Å². The molecule has 0 heterocycles. The van der Waals surface area contributed by atoms with Crippen molar-refractivity contribution in [1.82, 2.24) is 0 Å². The van der Waals surface area contributed by atoms with Crippen LogP contribution in [0.3, 0.4) is 0 Å². The fourth-order valence-electron chi connectivity index (χ4n) is 1.82. The van der Waals surface area contributed by atoms with Gasteiger partial charge < -0.3 is 17.2 Å². The van der Waals surface area contributed by atoms with Gasteiger partial charge in [-0.05, 0) is 44.8 Å². The van der Waals surface area contributed by atoms with Crippen LogP contribution >= 0.6 is 0 Å². The van der Waals surface area contributed by atoms with Gasteiger partial charge in [-0.1, -0.05) is 25.7 Å². The molecule has 0 aliphatic carbocycles.